The van der Waals surface area contributed by atoms with Gasteiger partial charge in [-0.05, 0) is 80.7 Å². The van der Waals surface area contributed by atoms with Gasteiger partial charge in [0.2, 0.25) is 5.95 Å². The first-order valence-corrected chi connectivity index (χ1v) is 13.3. The van der Waals surface area contributed by atoms with Crippen LogP contribution in [0.15, 0.2) is 54.5 Å². The van der Waals surface area contributed by atoms with Crippen molar-refractivity contribution in [3.63, 3.8) is 0 Å². The second-order valence-electron chi connectivity index (χ2n) is 10.7. The number of aromatic nitrogens is 5. The minimum absolute atomic E-state index is 0.0942. The first-order valence-electron chi connectivity index (χ1n) is 13.3. The van der Waals surface area contributed by atoms with Crippen LogP contribution in [0.1, 0.15) is 61.8 Å². The van der Waals surface area contributed by atoms with E-state index in [2.05, 4.69) is 46.8 Å². The fourth-order valence-corrected chi connectivity index (χ4v) is 5.72. The zero-order chi connectivity index (χ0) is 24.9. The number of benzene rings is 1. The molecule has 0 spiro atoms. The summed E-state index contributed by atoms with van der Waals surface area (Å²) in [6.45, 7) is 3.14. The Labute approximate surface area is 215 Å². The largest absolute Gasteiger partial charge is 0.351 e. The second kappa shape index (κ2) is 9.03. The van der Waals surface area contributed by atoms with Gasteiger partial charge in [-0.15, -0.1) is 0 Å². The van der Waals surface area contributed by atoms with E-state index in [0.29, 0.717) is 17.3 Å². The molecule has 0 aliphatic heterocycles. The van der Waals surface area contributed by atoms with Crippen LogP contribution >= 0.6 is 0 Å². The molecule has 0 radical (unpaired) electrons. The van der Waals surface area contributed by atoms with Crippen molar-refractivity contribution in [3.05, 3.63) is 77.0 Å². The molecule has 3 aliphatic carbocycles. The summed E-state index contributed by atoms with van der Waals surface area (Å²) in [5.74, 6) is 1.44. The summed E-state index contributed by atoms with van der Waals surface area (Å²) < 4.78 is 15.8. The molecule has 188 valence electrons. The highest BCUT2D eigenvalue weighted by atomic mass is 19.1. The Hall–Kier alpha value is -3.65. The van der Waals surface area contributed by atoms with Gasteiger partial charge < -0.3 is 10.6 Å². The maximum Gasteiger partial charge on any atom is 0.228 e. The van der Waals surface area contributed by atoms with Gasteiger partial charge in [0.1, 0.15) is 5.82 Å². The van der Waals surface area contributed by atoms with E-state index in [4.69, 9.17) is 15.1 Å². The van der Waals surface area contributed by atoms with Crippen LogP contribution in [-0.4, -0.2) is 37.2 Å². The first kappa shape index (κ1) is 22.5. The average Bonchev–Trinajstić information content (AvgIpc) is 3.53. The van der Waals surface area contributed by atoms with Gasteiger partial charge in [0.15, 0.2) is 11.5 Å². The van der Waals surface area contributed by atoms with E-state index in [-0.39, 0.29) is 12.1 Å². The molecule has 3 aliphatic rings. The smallest absolute Gasteiger partial charge is 0.228 e. The Morgan fingerprint density at radius 2 is 2.00 bits per heavy atom. The lowest BCUT2D eigenvalue weighted by Crippen LogP contribution is -2.26. The zero-order valence-electron chi connectivity index (χ0n) is 20.9. The molecule has 7 rings (SSSR count). The van der Waals surface area contributed by atoms with Crippen LogP contribution in [0, 0.1) is 11.7 Å². The first-order chi connectivity index (χ1) is 18.1. The van der Waals surface area contributed by atoms with E-state index in [1.807, 2.05) is 6.20 Å². The standard InChI is InChI=1S/C29H30FN7/c1-17(32-13-18-6-7-18)26-16-33-37-28(26)35-27(21-11-22(30)15-31-14-21)36-29(37)34-23-9-8-20-10-19-4-2-3-5-24(19)25(20)12-23/h2-5,11,14-18,23,32H,6-10,12-13H2,1H3,(H,34,35,36)/t17-,23+/m0/s1. The summed E-state index contributed by atoms with van der Waals surface area (Å²) in [5.41, 5.74) is 8.15. The van der Waals surface area contributed by atoms with Crippen LogP contribution in [0.2, 0.25) is 0 Å². The molecule has 2 N–H and O–H groups in total. The van der Waals surface area contributed by atoms with Gasteiger partial charge in [0.25, 0.3) is 0 Å². The van der Waals surface area contributed by atoms with Crippen LogP contribution in [-0.2, 0) is 6.42 Å². The minimum Gasteiger partial charge on any atom is -0.351 e. The molecule has 2 atom stereocenters. The van der Waals surface area contributed by atoms with E-state index < -0.39 is 5.82 Å². The Morgan fingerprint density at radius 1 is 1.11 bits per heavy atom. The number of anilines is 1. The molecule has 7 nitrogen and oxygen atoms in total. The van der Waals surface area contributed by atoms with Crippen LogP contribution < -0.4 is 10.6 Å². The lowest BCUT2D eigenvalue weighted by molar-refractivity contribution is 0.551. The lowest BCUT2D eigenvalue weighted by atomic mass is 9.88. The van der Waals surface area contributed by atoms with Gasteiger partial charge in [-0.2, -0.15) is 14.6 Å². The molecule has 3 aromatic heterocycles. The topological polar surface area (TPSA) is 80.0 Å². The van der Waals surface area contributed by atoms with Crippen molar-refractivity contribution in [3.8, 4) is 11.4 Å². The van der Waals surface area contributed by atoms with Crippen molar-refractivity contribution in [2.24, 2.45) is 5.92 Å². The van der Waals surface area contributed by atoms with E-state index in [1.54, 1.807) is 16.3 Å². The SMILES string of the molecule is C[C@H](NCC1CC1)c1cnn2c(N[C@@H]3CCC4=C(C3)c3ccccc3C4)nc(-c3cncc(F)c3)nc12. The van der Waals surface area contributed by atoms with Gasteiger partial charge in [-0.1, -0.05) is 29.8 Å². The van der Waals surface area contributed by atoms with Crippen LogP contribution in [0.25, 0.3) is 22.6 Å². The highest BCUT2D eigenvalue weighted by molar-refractivity contribution is 5.77. The molecule has 0 saturated heterocycles. The number of hydrogen-bond donors (Lipinski definition) is 2. The van der Waals surface area contributed by atoms with Crippen molar-refractivity contribution >= 4 is 17.2 Å². The van der Waals surface area contributed by atoms with Gasteiger partial charge in [0, 0.05) is 29.4 Å². The summed E-state index contributed by atoms with van der Waals surface area (Å²) >= 11 is 0. The molecule has 1 saturated carbocycles. The molecular formula is C29H30FN7. The summed E-state index contributed by atoms with van der Waals surface area (Å²) in [6.07, 6.45) is 11.4. The third-order valence-electron chi connectivity index (χ3n) is 7.99. The molecule has 0 unspecified atom stereocenters. The Balaban J connectivity index is 1.24. The van der Waals surface area contributed by atoms with E-state index in [9.17, 15) is 4.39 Å². The van der Waals surface area contributed by atoms with Crippen molar-refractivity contribution in [1.82, 2.24) is 29.9 Å². The van der Waals surface area contributed by atoms with E-state index in [0.717, 1.165) is 49.4 Å². The number of nitrogens with zero attached hydrogens (tertiary/aromatic N) is 5. The van der Waals surface area contributed by atoms with E-state index in [1.165, 1.54) is 41.8 Å². The average molecular weight is 496 g/mol. The summed E-state index contributed by atoms with van der Waals surface area (Å²) in [5, 5.41) is 12.0. The van der Waals surface area contributed by atoms with Crippen molar-refractivity contribution in [1.29, 1.82) is 0 Å². The third kappa shape index (κ3) is 4.29. The highest BCUT2D eigenvalue weighted by Crippen LogP contribution is 2.42. The number of fused-ring (bicyclic) bond motifs is 3. The van der Waals surface area contributed by atoms with Crippen molar-refractivity contribution < 1.29 is 4.39 Å². The van der Waals surface area contributed by atoms with Gasteiger partial charge >= 0.3 is 0 Å². The third-order valence-corrected chi connectivity index (χ3v) is 7.99. The fourth-order valence-electron chi connectivity index (χ4n) is 5.72. The quantitative estimate of drug-likeness (QED) is 0.359. The van der Waals surface area contributed by atoms with E-state index >= 15 is 0 Å². The number of allylic oxidation sites excluding steroid dienone is 1. The summed E-state index contributed by atoms with van der Waals surface area (Å²) in [7, 11) is 0. The number of pyridine rings is 1. The number of halogens is 1. The second-order valence-corrected chi connectivity index (χ2v) is 10.7. The number of rotatable bonds is 7. The molecule has 3 heterocycles. The predicted molar refractivity (Wildman–Crippen MR) is 141 cm³/mol. The van der Waals surface area contributed by atoms with Crippen molar-refractivity contribution in [2.45, 2.75) is 57.5 Å². The maximum absolute atomic E-state index is 14.0. The predicted octanol–water partition coefficient (Wildman–Crippen LogP) is 5.36. The molecular weight excluding hydrogens is 465 g/mol. The normalized spacial score (nSPS) is 19.7. The van der Waals surface area contributed by atoms with Gasteiger partial charge in [-0.25, -0.2) is 9.37 Å². The lowest BCUT2D eigenvalue weighted by Gasteiger charge is -2.26. The van der Waals surface area contributed by atoms with Crippen molar-refractivity contribution in [2.75, 3.05) is 11.9 Å². The molecule has 1 fully saturated rings. The minimum atomic E-state index is -0.407. The van der Waals surface area contributed by atoms with Crippen LogP contribution in [0.3, 0.4) is 0 Å². The Morgan fingerprint density at radius 3 is 2.86 bits per heavy atom. The van der Waals surface area contributed by atoms with Crippen LogP contribution in [0.4, 0.5) is 10.3 Å². The molecule has 37 heavy (non-hydrogen) atoms. The summed E-state index contributed by atoms with van der Waals surface area (Å²) in [4.78, 5) is 13.7. The number of hydrogen-bond acceptors (Lipinski definition) is 6. The maximum atomic E-state index is 14.0. The van der Waals surface area contributed by atoms with Gasteiger partial charge in [0.05, 0.1) is 12.4 Å². The highest BCUT2D eigenvalue weighted by Gasteiger charge is 2.29. The molecule has 4 aromatic rings. The molecule has 0 bridgehead atoms. The van der Waals surface area contributed by atoms with Crippen LogP contribution in [0.5, 0.6) is 0 Å². The Bertz CT molecular complexity index is 1520. The van der Waals surface area contributed by atoms with Gasteiger partial charge in [-0.3, -0.25) is 4.98 Å². The molecule has 0 amide bonds. The molecule has 8 heteroatoms. The Kier molecular flexibility index (Phi) is 5.50. The summed E-state index contributed by atoms with van der Waals surface area (Å²) in [6, 6.07) is 10.5. The number of nitrogens with one attached hydrogen (secondary N) is 2. The zero-order valence-corrected chi connectivity index (χ0v) is 20.9. The molecule has 1 aromatic carbocycles. The fraction of sp³-hybridized carbons (Fsp3) is 0.379. The monoisotopic (exact) mass is 495 g/mol.